The van der Waals surface area contributed by atoms with Crippen LogP contribution in [-0.2, 0) is 4.79 Å². The maximum Gasteiger partial charge on any atom is 0.250 e. The first-order chi connectivity index (χ1) is 15.6. The van der Waals surface area contributed by atoms with Crippen LogP contribution in [0, 0.1) is 6.92 Å². The fraction of sp³-hybridized carbons (Fsp3) is 0.130. The molecule has 0 radical (unpaired) electrons. The summed E-state index contributed by atoms with van der Waals surface area (Å²) in [6.45, 7) is 2.03. The van der Waals surface area contributed by atoms with Crippen molar-refractivity contribution in [2.45, 2.75) is 12.1 Å². The van der Waals surface area contributed by atoms with Crippen molar-refractivity contribution in [1.29, 1.82) is 0 Å². The summed E-state index contributed by atoms with van der Waals surface area (Å²) in [5.74, 6) is 1.40. The lowest BCUT2D eigenvalue weighted by atomic mass is 10.2. The third-order valence-corrected chi connectivity index (χ3v) is 6.33. The molecule has 9 heteroatoms. The molecule has 0 bridgehead atoms. The van der Waals surface area contributed by atoms with Gasteiger partial charge in [-0.2, -0.15) is 5.10 Å². The largest absolute Gasteiger partial charge is 0.497 e. The zero-order chi connectivity index (χ0) is 22.3. The zero-order valence-electron chi connectivity index (χ0n) is 17.6. The van der Waals surface area contributed by atoms with Crippen molar-refractivity contribution in [2.24, 2.45) is 5.10 Å². The Labute approximate surface area is 194 Å². The minimum atomic E-state index is -0.215. The smallest absolute Gasteiger partial charge is 0.250 e. The molecular weight excluding hydrogens is 442 g/mol. The van der Waals surface area contributed by atoms with Crippen LogP contribution in [0.25, 0.3) is 17.1 Å². The molecule has 7 nitrogen and oxygen atoms in total. The van der Waals surface area contributed by atoms with Gasteiger partial charge in [0.1, 0.15) is 5.75 Å². The standard InChI is InChI=1S/C23H21N5O2S2/c1-16-8-13-20(32-16)14-24-25-21(29)15-31-23-27-26-22(17-9-11-19(30-2)12-10-17)28(23)18-6-4-3-5-7-18/h3-14H,15H2,1-2H3,(H,25,29)/b24-14+. The van der Waals surface area contributed by atoms with Crippen LogP contribution in [0.1, 0.15) is 9.75 Å². The first kappa shape index (κ1) is 21.8. The van der Waals surface area contributed by atoms with E-state index < -0.39 is 0 Å². The molecule has 0 atom stereocenters. The molecule has 0 aliphatic heterocycles. The van der Waals surface area contributed by atoms with Crippen LogP contribution in [0.5, 0.6) is 5.75 Å². The van der Waals surface area contributed by atoms with Crippen LogP contribution >= 0.6 is 23.1 Å². The number of hydrazone groups is 1. The SMILES string of the molecule is COc1ccc(-c2nnc(SCC(=O)N/N=C/c3ccc(C)s3)n2-c2ccccc2)cc1. The predicted molar refractivity (Wildman–Crippen MR) is 129 cm³/mol. The molecule has 0 aliphatic rings. The molecule has 2 aromatic carbocycles. The highest BCUT2D eigenvalue weighted by molar-refractivity contribution is 7.99. The maximum absolute atomic E-state index is 12.3. The third kappa shape index (κ3) is 5.24. The minimum absolute atomic E-state index is 0.161. The summed E-state index contributed by atoms with van der Waals surface area (Å²) in [4.78, 5) is 14.5. The van der Waals surface area contributed by atoms with Crippen molar-refractivity contribution in [1.82, 2.24) is 20.2 Å². The van der Waals surface area contributed by atoms with Crippen molar-refractivity contribution >= 4 is 35.2 Å². The van der Waals surface area contributed by atoms with Crippen LogP contribution in [0.2, 0.25) is 0 Å². The average molecular weight is 464 g/mol. The van der Waals surface area contributed by atoms with E-state index in [1.54, 1.807) is 24.7 Å². The molecule has 0 aliphatic carbocycles. The lowest BCUT2D eigenvalue weighted by Crippen LogP contribution is -2.19. The summed E-state index contributed by atoms with van der Waals surface area (Å²) in [5.41, 5.74) is 4.38. The Morgan fingerprint density at radius 3 is 2.59 bits per heavy atom. The molecule has 32 heavy (non-hydrogen) atoms. The Bertz CT molecular complexity index is 1220. The van der Waals surface area contributed by atoms with Crippen molar-refractivity contribution in [3.8, 4) is 22.8 Å². The van der Waals surface area contributed by atoms with Crippen molar-refractivity contribution in [3.63, 3.8) is 0 Å². The lowest BCUT2D eigenvalue weighted by Gasteiger charge is -2.10. The highest BCUT2D eigenvalue weighted by atomic mass is 32.2. The second kappa shape index (κ2) is 10.3. The van der Waals surface area contributed by atoms with Gasteiger partial charge in [0.15, 0.2) is 11.0 Å². The monoisotopic (exact) mass is 463 g/mol. The Hall–Kier alpha value is -3.43. The number of nitrogens with zero attached hydrogens (tertiary/aromatic N) is 4. The number of aromatic nitrogens is 3. The summed E-state index contributed by atoms with van der Waals surface area (Å²) in [7, 11) is 1.63. The summed E-state index contributed by atoms with van der Waals surface area (Å²) in [6, 6.07) is 21.4. The van der Waals surface area contributed by atoms with Gasteiger partial charge in [-0.15, -0.1) is 21.5 Å². The molecule has 2 aromatic heterocycles. The predicted octanol–water partition coefficient (Wildman–Crippen LogP) is 4.56. The molecule has 4 rings (SSSR count). The van der Waals surface area contributed by atoms with Crippen molar-refractivity contribution < 1.29 is 9.53 Å². The molecule has 1 N–H and O–H groups in total. The Morgan fingerprint density at radius 1 is 1.12 bits per heavy atom. The Morgan fingerprint density at radius 2 is 1.91 bits per heavy atom. The molecule has 162 valence electrons. The fourth-order valence-electron chi connectivity index (χ4n) is 2.95. The average Bonchev–Trinajstić information content (AvgIpc) is 3.44. The number of para-hydroxylation sites is 1. The number of aryl methyl sites for hydroxylation is 1. The first-order valence-corrected chi connectivity index (χ1v) is 11.6. The first-order valence-electron chi connectivity index (χ1n) is 9.80. The summed E-state index contributed by atoms with van der Waals surface area (Å²) in [5, 5.41) is 13.4. The van der Waals surface area contributed by atoms with E-state index in [1.165, 1.54) is 16.6 Å². The van der Waals surface area contributed by atoms with Gasteiger partial charge in [0.05, 0.1) is 19.1 Å². The molecule has 4 aromatic rings. The third-order valence-electron chi connectivity index (χ3n) is 4.47. The van der Waals surface area contributed by atoms with Gasteiger partial charge in [-0.1, -0.05) is 30.0 Å². The maximum atomic E-state index is 12.3. The molecule has 0 spiro atoms. The molecule has 0 saturated carbocycles. The van der Waals surface area contributed by atoms with Gasteiger partial charge in [0, 0.05) is 21.0 Å². The quantitative estimate of drug-likeness (QED) is 0.235. The molecule has 1 amide bonds. The minimum Gasteiger partial charge on any atom is -0.497 e. The lowest BCUT2D eigenvalue weighted by molar-refractivity contribution is -0.118. The van der Waals surface area contributed by atoms with Gasteiger partial charge >= 0.3 is 0 Å². The number of rotatable bonds is 8. The van der Waals surface area contributed by atoms with E-state index in [4.69, 9.17) is 4.74 Å². The van der Waals surface area contributed by atoms with Crippen molar-refractivity contribution in [2.75, 3.05) is 12.9 Å². The number of amides is 1. The van der Waals surface area contributed by atoms with E-state index in [-0.39, 0.29) is 11.7 Å². The number of methoxy groups -OCH3 is 1. The normalized spacial score (nSPS) is 11.1. The number of hydrogen-bond donors (Lipinski definition) is 1. The highest BCUT2D eigenvalue weighted by Gasteiger charge is 2.17. The number of carbonyl (C=O) groups is 1. The topological polar surface area (TPSA) is 81.4 Å². The Kier molecular flexibility index (Phi) is 6.98. The van der Waals surface area contributed by atoms with E-state index in [0.29, 0.717) is 11.0 Å². The van der Waals surface area contributed by atoms with Gasteiger partial charge in [-0.3, -0.25) is 9.36 Å². The van der Waals surface area contributed by atoms with Crippen LogP contribution in [0.3, 0.4) is 0 Å². The molecule has 0 saturated heterocycles. The number of ether oxygens (including phenoxy) is 1. The molecule has 0 fully saturated rings. The summed E-state index contributed by atoms with van der Waals surface area (Å²) < 4.78 is 7.19. The van der Waals surface area contributed by atoms with Crippen molar-refractivity contribution in [3.05, 3.63) is 76.5 Å². The summed E-state index contributed by atoms with van der Waals surface area (Å²) >= 11 is 2.92. The van der Waals surface area contributed by atoms with Crippen LogP contribution in [-0.4, -0.2) is 39.7 Å². The van der Waals surface area contributed by atoms with Gasteiger partial charge in [0.25, 0.3) is 5.91 Å². The molecule has 0 unspecified atom stereocenters. The second-order valence-electron chi connectivity index (χ2n) is 6.74. The molecule has 2 heterocycles. The highest BCUT2D eigenvalue weighted by Crippen LogP contribution is 2.28. The van der Waals surface area contributed by atoms with Crippen LogP contribution in [0.15, 0.2) is 77.0 Å². The van der Waals surface area contributed by atoms with Gasteiger partial charge < -0.3 is 4.74 Å². The zero-order valence-corrected chi connectivity index (χ0v) is 19.2. The number of thioether (sulfide) groups is 1. The van der Waals surface area contributed by atoms with Crippen LogP contribution in [0.4, 0.5) is 0 Å². The number of hydrogen-bond acceptors (Lipinski definition) is 7. The number of benzene rings is 2. The van der Waals surface area contributed by atoms with E-state index in [9.17, 15) is 4.79 Å². The number of carbonyl (C=O) groups excluding carboxylic acids is 1. The van der Waals surface area contributed by atoms with E-state index in [2.05, 4.69) is 20.7 Å². The number of thiophene rings is 1. The molecular formula is C23H21N5O2S2. The van der Waals surface area contributed by atoms with E-state index in [1.807, 2.05) is 78.2 Å². The van der Waals surface area contributed by atoms with E-state index in [0.717, 1.165) is 21.9 Å². The fourth-order valence-corrected chi connectivity index (χ4v) is 4.45. The van der Waals surface area contributed by atoms with Gasteiger partial charge in [0.2, 0.25) is 0 Å². The van der Waals surface area contributed by atoms with E-state index >= 15 is 0 Å². The number of nitrogens with one attached hydrogen (secondary N) is 1. The van der Waals surface area contributed by atoms with Gasteiger partial charge in [-0.05, 0) is 55.5 Å². The van der Waals surface area contributed by atoms with Gasteiger partial charge in [-0.25, -0.2) is 5.43 Å². The summed E-state index contributed by atoms with van der Waals surface area (Å²) in [6.07, 6.45) is 1.65. The van der Waals surface area contributed by atoms with Crippen LogP contribution < -0.4 is 10.2 Å². The second-order valence-corrected chi connectivity index (χ2v) is 9.00. The Balaban J connectivity index is 1.51.